The third-order valence-electron chi connectivity index (χ3n) is 5.17. The van der Waals surface area contributed by atoms with Crippen LogP contribution in [-0.2, 0) is 6.42 Å². The van der Waals surface area contributed by atoms with Crippen molar-refractivity contribution in [2.24, 2.45) is 4.99 Å². The zero-order valence-corrected chi connectivity index (χ0v) is 16.7. The van der Waals surface area contributed by atoms with Gasteiger partial charge in [0.15, 0.2) is 0 Å². The number of hydrogen-bond acceptors (Lipinski definition) is 2. The number of nitrogens with one attached hydrogen (secondary N) is 2. The molecule has 2 aromatic carbocycles. The average molecular weight is 390 g/mol. The molecule has 0 spiro atoms. The van der Waals surface area contributed by atoms with Crippen LogP contribution in [0, 0.1) is 19.7 Å². The first kappa shape index (κ1) is 18.9. The number of benzene rings is 2. The van der Waals surface area contributed by atoms with Gasteiger partial charge in [0.05, 0.1) is 11.3 Å². The molecule has 0 aliphatic rings. The molecule has 148 valence electrons. The molecular formula is C23H23FN4O. The highest BCUT2D eigenvalue weighted by Gasteiger charge is 2.15. The fraction of sp³-hybridized carbons (Fsp3) is 0.217. The summed E-state index contributed by atoms with van der Waals surface area (Å²) in [6.45, 7) is 6.37. The number of hydrogen-bond donors (Lipinski definition) is 2. The van der Waals surface area contributed by atoms with E-state index < -0.39 is 0 Å². The minimum atomic E-state index is -0.337. The van der Waals surface area contributed by atoms with E-state index in [9.17, 15) is 9.18 Å². The third kappa shape index (κ3) is 3.66. The second-order valence-corrected chi connectivity index (χ2v) is 7.31. The average Bonchev–Trinajstić information content (AvgIpc) is 3.22. The molecule has 6 heteroatoms. The highest BCUT2D eigenvalue weighted by atomic mass is 19.1. The monoisotopic (exact) mass is 390 g/mol. The standard InChI is InChI=1S/C23H23FN4O/c1-14-4-9-21-20(12-14)17(13-26-21)10-11-25-15(2)22-16(3)27-28(23(22)29)19-7-5-18(24)6-8-19/h4-9,12-13,26-27H,10-11H2,1-3H3. The van der Waals surface area contributed by atoms with Gasteiger partial charge in [-0.1, -0.05) is 11.6 Å². The van der Waals surface area contributed by atoms with Crippen LogP contribution >= 0.6 is 0 Å². The Labute approximate surface area is 167 Å². The maximum atomic E-state index is 13.2. The van der Waals surface area contributed by atoms with Crippen LogP contribution in [0.15, 0.2) is 58.4 Å². The molecule has 0 radical (unpaired) electrons. The van der Waals surface area contributed by atoms with Gasteiger partial charge in [0.25, 0.3) is 5.56 Å². The first-order valence-corrected chi connectivity index (χ1v) is 9.59. The third-order valence-corrected chi connectivity index (χ3v) is 5.17. The molecule has 0 saturated carbocycles. The van der Waals surface area contributed by atoms with E-state index in [1.165, 1.54) is 33.3 Å². The maximum absolute atomic E-state index is 13.2. The Kier molecular flexibility index (Phi) is 4.92. The molecule has 0 bridgehead atoms. The quantitative estimate of drug-likeness (QED) is 0.486. The van der Waals surface area contributed by atoms with Crippen molar-refractivity contribution in [3.63, 3.8) is 0 Å². The maximum Gasteiger partial charge on any atom is 0.280 e. The molecule has 0 aliphatic heterocycles. The first-order valence-electron chi connectivity index (χ1n) is 9.59. The van der Waals surface area contributed by atoms with Crippen LogP contribution in [0.2, 0.25) is 0 Å². The number of rotatable bonds is 5. The van der Waals surface area contributed by atoms with Crippen LogP contribution in [0.5, 0.6) is 0 Å². The second kappa shape index (κ2) is 7.54. The summed E-state index contributed by atoms with van der Waals surface area (Å²) in [4.78, 5) is 20.8. The van der Waals surface area contributed by atoms with E-state index in [0.717, 1.165) is 17.6 Å². The molecule has 0 saturated heterocycles. The number of aliphatic imine (C=N–C) groups is 1. The number of nitrogens with zero attached hydrogens (tertiary/aromatic N) is 2. The van der Waals surface area contributed by atoms with Crippen LogP contribution in [-0.4, -0.2) is 27.0 Å². The number of aryl methyl sites for hydroxylation is 2. The molecule has 5 nitrogen and oxygen atoms in total. The lowest BCUT2D eigenvalue weighted by Gasteiger charge is -2.01. The van der Waals surface area contributed by atoms with Gasteiger partial charge in [-0.2, -0.15) is 0 Å². The number of H-pyrrole nitrogens is 2. The van der Waals surface area contributed by atoms with E-state index >= 15 is 0 Å². The van der Waals surface area contributed by atoms with Crippen molar-refractivity contribution < 1.29 is 4.39 Å². The topological polar surface area (TPSA) is 65.9 Å². The molecule has 4 rings (SSSR count). The fourth-order valence-electron chi connectivity index (χ4n) is 3.67. The van der Waals surface area contributed by atoms with Gasteiger partial charge in [0.2, 0.25) is 0 Å². The zero-order chi connectivity index (χ0) is 20.5. The summed E-state index contributed by atoms with van der Waals surface area (Å²) in [6, 6.07) is 12.2. The predicted molar refractivity (Wildman–Crippen MR) is 115 cm³/mol. The van der Waals surface area contributed by atoms with Crippen LogP contribution in [0.3, 0.4) is 0 Å². The van der Waals surface area contributed by atoms with Crippen molar-refractivity contribution in [2.45, 2.75) is 27.2 Å². The number of aromatic amines is 2. The van der Waals surface area contributed by atoms with Crippen molar-refractivity contribution in [3.05, 3.63) is 87.2 Å². The highest BCUT2D eigenvalue weighted by molar-refractivity contribution is 5.99. The van der Waals surface area contributed by atoms with Crippen LogP contribution < -0.4 is 5.56 Å². The summed E-state index contributed by atoms with van der Waals surface area (Å²) in [5.41, 5.74) is 5.96. The molecule has 0 unspecified atom stereocenters. The van der Waals surface area contributed by atoms with Crippen molar-refractivity contribution >= 4 is 16.6 Å². The second-order valence-electron chi connectivity index (χ2n) is 7.31. The SMILES string of the molecule is CC(=NCCc1c[nH]c2ccc(C)cc12)c1c(C)[nH]n(-c2ccc(F)cc2)c1=O. The van der Waals surface area contributed by atoms with Crippen molar-refractivity contribution in [2.75, 3.05) is 6.54 Å². The summed E-state index contributed by atoms with van der Waals surface area (Å²) >= 11 is 0. The van der Waals surface area contributed by atoms with E-state index in [0.29, 0.717) is 23.5 Å². The molecule has 2 heterocycles. The van der Waals surface area contributed by atoms with Crippen molar-refractivity contribution in [1.29, 1.82) is 0 Å². The fourth-order valence-corrected chi connectivity index (χ4v) is 3.67. The summed E-state index contributed by atoms with van der Waals surface area (Å²) in [5, 5.41) is 4.28. The van der Waals surface area contributed by atoms with Gasteiger partial charge in [-0.05, 0) is 69.2 Å². The number of fused-ring (bicyclic) bond motifs is 1. The Morgan fingerprint density at radius 1 is 1.14 bits per heavy atom. The van der Waals surface area contributed by atoms with E-state index in [-0.39, 0.29) is 11.4 Å². The molecule has 2 aromatic heterocycles. The van der Waals surface area contributed by atoms with E-state index in [4.69, 9.17) is 0 Å². The Morgan fingerprint density at radius 2 is 1.90 bits per heavy atom. The van der Waals surface area contributed by atoms with E-state index in [1.807, 2.05) is 20.0 Å². The Bertz CT molecular complexity index is 1260. The Hall–Kier alpha value is -3.41. The normalized spacial score (nSPS) is 12.1. The van der Waals surface area contributed by atoms with Gasteiger partial charge in [-0.25, -0.2) is 9.07 Å². The lowest BCUT2D eigenvalue weighted by atomic mass is 10.1. The molecular weight excluding hydrogens is 367 g/mol. The summed E-state index contributed by atoms with van der Waals surface area (Å²) in [7, 11) is 0. The van der Waals surface area contributed by atoms with E-state index in [2.05, 4.69) is 40.2 Å². The van der Waals surface area contributed by atoms with Crippen LogP contribution in [0.4, 0.5) is 4.39 Å². The molecule has 0 fully saturated rings. The molecule has 0 aliphatic carbocycles. The largest absolute Gasteiger partial charge is 0.361 e. The first-order chi connectivity index (χ1) is 13.9. The Balaban J connectivity index is 1.57. The van der Waals surface area contributed by atoms with Crippen LogP contribution in [0.1, 0.15) is 29.3 Å². The molecule has 0 atom stereocenters. The number of halogens is 1. The molecule has 4 aromatic rings. The summed E-state index contributed by atoms with van der Waals surface area (Å²) in [6.07, 6.45) is 2.81. The van der Waals surface area contributed by atoms with Gasteiger partial charge in [0, 0.05) is 35.1 Å². The van der Waals surface area contributed by atoms with Gasteiger partial charge >= 0.3 is 0 Å². The van der Waals surface area contributed by atoms with Crippen molar-refractivity contribution in [3.8, 4) is 5.69 Å². The molecule has 0 amide bonds. The van der Waals surface area contributed by atoms with Crippen LogP contribution in [0.25, 0.3) is 16.6 Å². The highest BCUT2D eigenvalue weighted by Crippen LogP contribution is 2.20. The van der Waals surface area contributed by atoms with Gasteiger partial charge in [-0.15, -0.1) is 0 Å². The van der Waals surface area contributed by atoms with Crippen molar-refractivity contribution in [1.82, 2.24) is 14.8 Å². The van der Waals surface area contributed by atoms with E-state index in [1.54, 1.807) is 12.1 Å². The van der Waals surface area contributed by atoms with Gasteiger partial charge in [-0.3, -0.25) is 14.9 Å². The minimum absolute atomic E-state index is 0.182. The summed E-state index contributed by atoms with van der Waals surface area (Å²) in [5.74, 6) is -0.337. The lowest BCUT2D eigenvalue weighted by molar-refractivity contribution is 0.627. The molecule has 29 heavy (non-hydrogen) atoms. The lowest BCUT2D eigenvalue weighted by Crippen LogP contribution is -2.20. The molecule has 2 N–H and O–H groups in total. The number of aromatic nitrogens is 3. The van der Waals surface area contributed by atoms with Gasteiger partial charge < -0.3 is 4.98 Å². The smallest absolute Gasteiger partial charge is 0.280 e. The summed E-state index contributed by atoms with van der Waals surface area (Å²) < 4.78 is 14.6. The minimum Gasteiger partial charge on any atom is -0.361 e. The Morgan fingerprint density at radius 3 is 2.66 bits per heavy atom. The predicted octanol–water partition coefficient (Wildman–Crippen LogP) is 4.45. The van der Waals surface area contributed by atoms with Gasteiger partial charge in [0.1, 0.15) is 5.82 Å². The zero-order valence-electron chi connectivity index (χ0n) is 16.7.